The van der Waals surface area contributed by atoms with Crippen LogP contribution in [0.4, 0.5) is 0 Å². The number of methoxy groups -OCH3 is 2. The molecule has 0 spiro atoms. The van der Waals surface area contributed by atoms with Crippen LogP contribution in [-0.2, 0) is 0 Å². The van der Waals surface area contributed by atoms with E-state index in [0.717, 1.165) is 6.54 Å². The normalized spacial score (nSPS) is 9.47. The van der Waals surface area contributed by atoms with Crippen LogP contribution in [0.5, 0.6) is 11.5 Å². The minimum Gasteiger partial charge on any atom is -0.495 e. The third kappa shape index (κ3) is 4.89. The van der Waals surface area contributed by atoms with E-state index in [1.165, 1.54) is 0 Å². The first-order valence-electron chi connectivity index (χ1n) is 5.48. The van der Waals surface area contributed by atoms with Crippen LogP contribution >= 0.6 is 28.3 Å². The number of hydrogen-bond donors (Lipinski definition) is 2. The first kappa shape index (κ1) is 18.0. The molecule has 1 aromatic rings. The van der Waals surface area contributed by atoms with E-state index in [4.69, 9.17) is 9.47 Å². The number of hydrogen-bond acceptors (Lipinski definition) is 4. The van der Waals surface area contributed by atoms with Crippen LogP contribution in [0.2, 0.25) is 0 Å². The number of rotatable bonds is 6. The molecule has 7 heteroatoms. The van der Waals surface area contributed by atoms with Crippen LogP contribution in [0.3, 0.4) is 0 Å². The van der Waals surface area contributed by atoms with Gasteiger partial charge in [0.2, 0.25) is 0 Å². The van der Waals surface area contributed by atoms with Crippen LogP contribution < -0.4 is 20.1 Å². The fourth-order valence-corrected chi connectivity index (χ4v) is 1.96. The first-order valence-corrected chi connectivity index (χ1v) is 6.27. The van der Waals surface area contributed by atoms with Crippen molar-refractivity contribution in [2.24, 2.45) is 0 Å². The molecule has 1 amide bonds. The smallest absolute Gasteiger partial charge is 0.251 e. The van der Waals surface area contributed by atoms with Gasteiger partial charge in [-0.1, -0.05) is 0 Å². The molecule has 0 aliphatic rings. The predicted octanol–water partition coefficient (Wildman–Crippen LogP) is 1.84. The number of carbonyl (C=O) groups is 1. The number of likely N-dealkylation sites (N-methyl/N-ethyl adjacent to an activating group) is 1. The van der Waals surface area contributed by atoms with Crippen molar-refractivity contribution in [2.75, 3.05) is 34.4 Å². The zero-order valence-electron chi connectivity index (χ0n) is 11.1. The quantitative estimate of drug-likeness (QED) is 0.766. The Balaban J connectivity index is 0.00000324. The summed E-state index contributed by atoms with van der Waals surface area (Å²) in [6, 6.07) is 3.34. The Kier molecular flexibility index (Phi) is 8.54. The van der Waals surface area contributed by atoms with E-state index in [0.29, 0.717) is 28.1 Å². The van der Waals surface area contributed by atoms with Gasteiger partial charge >= 0.3 is 0 Å². The average Bonchev–Trinajstić information content (AvgIpc) is 2.39. The summed E-state index contributed by atoms with van der Waals surface area (Å²) >= 11 is 3.36. The largest absolute Gasteiger partial charge is 0.495 e. The monoisotopic (exact) mass is 352 g/mol. The number of benzene rings is 1. The van der Waals surface area contributed by atoms with Crippen LogP contribution in [-0.4, -0.2) is 40.3 Å². The molecule has 1 rings (SSSR count). The molecule has 0 heterocycles. The number of halogens is 2. The second kappa shape index (κ2) is 9.01. The lowest BCUT2D eigenvalue weighted by Crippen LogP contribution is -2.30. The molecule has 2 N–H and O–H groups in total. The molecule has 0 aromatic heterocycles. The molecule has 0 radical (unpaired) electrons. The van der Waals surface area contributed by atoms with Crippen LogP contribution in [0.25, 0.3) is 0 Å². The Labute approximate surface area is 127 Å². The molecule has 0 saturated carbocycles. The van der Waals surface area contributed by atoms with Crippen LogP contribution in [0.1, 0.15) is 10.4 Å². The maximum absolute atomic E-state index is 11.9. The zero-order chi connectivity index (χ0) is 13.5. The standard InChI is InChI=1S/C12H17BrN2O3.ClH/c1-14-4-5-15-12(16)8-6-9(17-2)11(13)10(7-8)18-3;/h6-7,14H,4-5H2,1-3H3,(H,15,16);1H. The molecule has 0 unspecified atom stereocenters. The van der Waals surface area contributed by atoms with E-state index in [2.05, 4.69) is 26.6 Å². The van der Waals surface area contributed by atoms with E-state index >= 15 is 0 Å². The lowest BCUT2D eigenvalue weighted by Gasteiger charge is -2.11. The summed E-state index contributed by atoms with van der Waals surface area (Å²) in [6.45, 7) is 1.28. The van der Waals surface area contributed by atoms with Gasteiger partial charge < -0.3 is 20.1 Å². The topological polar surface area (TPSA) is 59.6 Å². The minimum absolute atomic E-state index is 0. The highest BCUT2D eigenvalue weighted by molar-refractivity contribution is 9.10. The average molecular weight is 354 g/mol. The van der Waals surface area contributed by atoms with Crippen molar-refractivity contribution in [1.29, 1.82) is 0 Å². The summed E-state index contributed by atoms with van der Waals surface area (Å²) in [5, 5.41) is 5.75. The number of ether oxygens (including phenoxy) is 2. The van der Waals surface area contributed by atoms with E-state index in [-0.39, 0.29) is 18.3 Å². The zero-order valence-corrected chi connectivity index (χ0v) is 13.5. The van der Waals surface area contributed by atoms with Gasteiger partial charge in [0.15, 0.2) is 0 Å². The molecule has 0 saturated heterocycles. The maximum Gasteiger partial charge on any atom is 0.251 e. The van der Waals surface area contributed by atoms with Crippen molar-refractivity contribution >= 4 is 34.2 Å². The van der Waals surface area contributed by atoms with Crippen molar-refractivity contribution in [3.05, 3.63) is 22.2 Å². The summed E-state index contributed by atoms with van der Waals surface area (Å²) in [4.78, 5) is 11.9. The second-order valence-electron chi connectivity index (χ2n) is 3.55. The summed E-state index contributed by atoms with van der Waals surface area (Å²) in [5.74, 6) is 0.968. The lowest BCUT2D eigenvalue weighted by molar-refractivity contribution is 0.0953. The molecule has 0 atom stereocenters. The molecule has 5 nitrogen and oxygen atoms in total. The van der Waals surface area contributed by atoms with E-state index in [1.807, 2.05) is 7.05 Å². The number of nitrogens with one attached hydrogen (secondary N) is 2. The second-order valence-corrected chi connectivity index (χ2v) is 4.35. The lowest BCUT2D eigenvalue weighted by atomic mass is 10.2. The Morgan fingerprint density at radius 2 is 1.74 bits per heavy atom. The van der Waals surface area contributed by atoms with Crippen LogP contribution in [0, 0.1) is 0 Å². The maximum atomic E-state index is 11.9. The fraction of sp³-hybridized carbons (Fsp3) is 0.417. The molecular formula is C12H18BrClN2O3. The SMILES string of the molecule is CNCCNC(=O)c1cc(OC)c(Br)c(OC)c1.Cl. The summed E-state index contributed by atoms with van der Waals surface area (Å²) in [7, 11) is 4.92. The van der Waals surface area contributed by atoms with Gasteiger partial charge in [0.25, 0.3) is 5.91 Å². The molecule has 19 heavy (non-hydrogen) atoms. The third-order valence-electron chi connectivity index (χ3n) is 2.37. The van der Waals surface area contributed by atoms with E-state index < -0.39 is 0 Å². The summed E-state index contributed by atoms with van der Waals surface area (Å²) in [6.07, 6.45) is 0. The number of amides is 1. The van der Waals surface area contributed by atoms with Gasteiger partial charge in [-0.3, -0.25) is 4.79 Å². The van der Waals surface area contributed by atoms with Gasteiger partial charge in [0.05, 0.1) is 14.2 Å². The highest BCUT2D eigenvalue weighted by atomic mass is 79.9. The Morgan fingerprint density at radius 3 is 2.16 bits per heavy atom. The van der Waals surface area contributed by atoms with Gasteiger partial charge in [-0.25, -0.2) is 0 Å². The van der Waals surface area contributed by atoms with E-state index in [1.54, 1.807) is 26.4 Å². The Hall–Kier alpha value is -0.980. The molecular weight excluding hydrogens is 336 g/mol. The van der Waals surface area contributed by atoms with Gasteiger partial charge in [0, 0.05) is 18.7 Å². The molecule has 108 valence electrons. The molecule has 0 aliphatic heterocycles. The third-order valence-corrected chi connectivity index (χ3v) is 3.15. The number of carbonyl (C=O) groups excluding carboxylic acids is 1. The minimum atomic E-state index is -0.158. The summed E-state index contributed by atoms with van der Waals surface area (Å²) in [5.41, 5.74) is 0.503. The van der Waals surface area contributed by atoms with Crippen molar-refractivity contribution in [3.8, 4) is 11.5 Å². The molecule has 1 aromatic carbocycles. The van der Waals surface area contributed by atoms with Crippen molar-refractivity contribution in [2.45, 2.75) is 0 Å². The Morgan fingerprint density at radius 1 is 1.21 bits per heavy atom. The van der Waals surface area contributed by atoms with Crippen molar-refractivity contribution in [3.63, 3.8) is 0 Å². The van der Waals surface area contributed by atoms with Gasteiger partial charge in [-0.2, -0.15) is 0 Å². The molecule has 0 aliphatic carbocycles. The predicted molar refractivity (Wildman–Crippen MR) is 80.8 cm³/mol. The van der Waals surface area contributed by atoms with Crippen LogP contribution in [0.15, 0.2) is 16.6 Å². The molecule has 0 fully saturated rings. The summed E-state index contributed by atoms with van der Waals surface area (Å²) < 4.78 is 11.1. The van der Waals surface area contributed by atoms with Gasteiger partial charge in [-0.05, 0) is 35.1 Å². The van der Waals surface area contributed by atoms with Gasteiger partial charge in [0.1, 0.15) is 16.0 Å². The van der Waals surface area contributed by atoms with E-state index in [9.17, 15) is 4.79 Å². The van der Waals surface area contributed by atoms with Gasteiger partial charge in [-0.15, -0.1) is 12.4 Å². The fourth-order valence-electron chi connectivity index (χ4n) is 1.40. The molecule has 0 bridgehead atoms. The van der Waals surface area contributed by atoms with Crippen molar-refractivity contribution < 1.29 is 14.3 Å². The highest BCUT2D eigenvalue weighted by Gasteiger charge is 2.14. The van der Waals surface area contributed by atoms with Crippen molar-refractivity contribution in [1.82, 2.24) is 10.6 Å². The highest BCUT2D eigenvalue weighted by Crippen LogP contribution is 2.35. The first-order chi connectivity index (χ1) is 8.63. The Bertz CT molecular complexity index is 404.